The van der Waals surface area contributed by atoms with Gasteiger partial charge in [-0.2, -0.15) is 0 Å². The highest BCUT2D eigenvalue weighted by atomic mass is 15.3. The summed E-state index contributed by atoms with van der Waals surface area (Å²) in [5, 5.41) is 8.40. The monoisotopic (exact) mass is 241 g/mol. The molecule has 2 aromatic rings. The lowest BCUT2D eigenvalue weighted by atomic mass is 10.1. The zero-order valence-corrected chi connectivity index (χ0v) is 11.0. The smallest absolute Gasteiger partial charge is 0.136 e. The summed E-state index contributed by atoms with van der Waals surface area (Å²) in [4.78, 5) is 0. The second-order valence-electron chi connectivity index (χ2n) is 5.59. The van der Waals surface area contributed by atoms with Crippen LogP contribution in [0.1, 0.15) is 43.5 Å². The molecule has 1 saturated carbocycles. The SMILES string of the molecule is CC(C)Cn1cnnc1C1CC1c1ccccc1. The Hall–Kier alpha value is -1.64. The van der Waals surface area contributed by atoms with Crippen LogP contribution in [0.3, 0.4) is 0 Å². The van der Waals surface area contributed by atoms with Crippen molar-refractivity contribution in [1.82, 2.24) is 14.8 Å². The molecule has 2 atom stereocenters. The summed E-state index contributed by atoms with van der Waals surface area (Å²) < 4.78 is 2.22. The summed E-state index contributed by atoms with van der Waals surface area (Å²) in [6.45, 7) is 5.47. The minimum Gasteiger partial charge on any atom is -0.317 e. The average Bonchev–Trinajstić information content (AvgIpc) is 3.04. The molecule has 0 bridgehead atoms. The molecule has 0 aliphatic heterocycles. The Morgan fingerprint density at radius 2 is 2.00 bits per heavy atom. The zero-order valence-electron chi connectivity index (χ0n) is 11.0. The van der Waals surface area contributed by atoms with Gasteiger partial charge in [0.2, 0.25) is 0 Å². The molecule has 3 nitrogen and oxygen atoms in total. The van der Waals surface area contributed by atoms with Crippen LogP contribution >= 0.6 is 0 Å². The lowest BCUT2D eigenvalue weighted by Gasteiger charge is -2.08. The van der Waals surface area contributed by atoms with E-state index < -0.39 is 0 Å². The Morgan fingerprint density at radius 1 is 1.22 bits per heavy atom. The first kappa shape index (κ1) is 11.5. The minimum atomic E-state index is 0.564. The highest BCUT2D eigenvalue weighted by Gasteiger charge is 2.42. The molecule has 1 aliphatic rings. The van der Waals surface area contributed by atoms with Gasteiger partial charge in [0.15, 0.2) is 0 Å². The van der Waals surface area contributed by atoms with Crippen LogP contribution < -0.4 is 0 Å². The van der Waals surface area contributed by atoms with Gasteiger partial charge in [-0.1, -0.05) is 44.2 Å². The minimum absolute atomic E-state index is 0.564. The van der Waals surface area contributed by atoms with Crippen LogP contribution in [0.2, 0.25) is 0 Å². The summed E-state index contributed by atoms with van der Waals surface area (Å²) in [5.41, 5.74) is 1.43. The molecular weight excluding hydrogens is 222 g/mol. The van der Waals surface area contributed by atoms with Crippen molar-refractivity contribution in [2.75, 3.05) is 0 Å². The molecule has 1 aromatic heterocycles. The van der Waals surface area contributed by atoms with Gasteiger partial charge in [0.25, 0.3) is 0 Å². The lowest BCUT2D eigenvalue weighted by Crippen LogP contribution is -2.07. The highest BCUT2D eigenvalue weighted by molar-refractivity contribution is 5.31. The molecule has 1 aliphatic carbocycles. The predicted molar refractivity (Wildman–Crippen MR) is 71.4 cm³/mol. The number of rotatable bonds is 4. The van der Waals surface area contributed by atoms with Gasteiger partial charge < -0.3 is 4.57 Å². The van der Waals surface area contributed by atoms with Gasteiger partial charge in [-0.3, -0.25) is 0 Å². The predicted octanol–water partition coefficient (Wildman–Crippen LogP) is 3.21. The normalized spacial score (nSPS) is 22.4. The van der Waals surface area contributed by atoms with Crippen molar-refractivity contribution in [2.24, 2.45) is 5.92 Å². The molecule has 1 fully saturated rings. The Morgan fingerprint density at radius 3 is 2.72 bits per heavy atom. The van der Waals surface area contributed by atoms with E-state index in [9.17, 15) is 0 Å². The van der Waals surface area contributed by atoms with E-state index in [0.29, 0.717) is 17.8 Å². The van der Waals surface area contributed by atoms with E-state index in [2.05, 4.69) is 58.9 Å². The van der Waals surface area contributed by atoms with Gasteiger partial charge in [-0.05, 0) is 23.8 Å². The summed E-state index contributed by atoms with van der Waals surface area (Å²) in [6, 6.07) is 10.7. The van der Waals surface area contributed by atoms with E-state index in [0.717, 1.165) is 12.4 Å². The van der Waals surface area contributed by atoms with Crippen LogP contribution in [0.4, 0.5) is 0 Å². The third-order valence-corrected chi connectivity index (χ3v) is 3.56. The Balaban J connectivity index is 1.77. The highest BCUT2D eigenvalue weighted by Crippen LogP contribution is 2.53. The van der Waals surface area contributed by atoms with Crippen molar-refractivity contribution in [2.45, 2.75) is 38.6 Å². The summed E-state index contributed by atoms with van der Waals surface area (Å²) in [7, 11) is 0. The van der Waals surface area contributed by atoms with Gasteiger partial charge >= 0.3 is 0 Å². The molecule has 0 saturated heterocycles. The number of hydrogen-bond donors (Lipinski definition) is 0. The largest absolute Gasteiger partial charge is 0.317 e. The number of hydrogen-bond acceptors (Lipinski definition) is 2. The van der Waals surface area contributed by atoms with Crippen molar-refractivity contribution in [3.63, 3.8) is 0 Å². The molecule has 3 rings (SSSR count). The second kappa shape index (κ2) is 4.56. The topological polar surface area (TPSA) is 30.7 Å². The molecule has 1 heterocycles. The van der Waals surface area contributed by atoms with Crippen molar-refractivity contribution >= 4 is 0 Å². The van der Waals surface area contributed by atoms with Crippen molar-refractivity contribution in [3.8, 4) is 0 Å². The van der Waals surface area contributed by atoms with Crippen molar-refractivity contribution < 1.29 is 0 Å². The van der Waals surface area contributed by atoms with Crippen LogP contribution in [-0.2, 0) is 6.54 Å². The maximum absolute atomic E-state index is 4.32. The van der Waals surface area contributed by atoms with Gasteiger partial charge in [0.1, 0.15) is 12.2 Å². The quantitative estimate of drug-likeness (QED) is 0.823. The van der Waals surface area contributed by atoms with E-state index in [1.807, 2.05) is 6.33 Å². The molecule has 18 heavy (non-hydrogen) atoms. The molecule has 0 N–H and O–H groups in total. The lowest BCUT2D eigenvalue weighted by molar-refractivity contribution is 0.506. The standard InChI is InChI=1S/C15H19N3/c1-11(2)9-18-10-16-17-15(18)14-8-13(14)12-6-4-3-5-7-12/h3-7,10-11,13-14H,8-9H2,1-2H3. The molecule has 1 aromatic carbocycles. The van der Waals surface area contributed by atoms with Gasteiger partial charge in [-0.25, -0.2) is 0 Å². The molecule has 0 spiro atoms. The Bertz CT molecular complexity index is 516. The van der Waals surface area contributed by atoms with E-state index in [4.69, 9.17) is 0 Å². The van der Waals surface area contributed by atoms with Gasteiger partial charge in [0, 0.05) is 12.5 Å². The van der Waals surface area contributed by atoms with E-state index >= 15 is 0 Å². The van der Waals surface area contributed by atoms with E-state index in [-0.39, 0.29) is 0 Å². The molecule has 94 valence electrons. The molecule has 0 radical (unpaired) electrons. The Labute approximate surface area is 108 Å². The number of aromatic nitrogens is 3. The molecule has 3 heteroatoms. The maximum atomic E-state index is 4.32. The third kappa shape index (κ3) is 2.17. The fourth-order valence-corrected chi connectivity index (χ4v) is 2.63. The van der Waals surface area contributed by atoms with Crippen molar-refractivity contribution in [1.29, 1.82) is 0 Å². The summed E-state index contributed by atoms with van der Waals surface area (Å²) >= 11 is 0. The first-order chi connectivity index (χ1) is 8.75. The first-order valence-corrected chi connectivity index (χ1v) is 6.68. The van der Waals surface area contributed by atoms with Gasteiger partial charge in [-0.15, -0.1) is 10.2 Å². The second-order valence-corrected chi connectivity index (χ2v) is 5.59. The van der Waals surface area contributed by atoms with Crippen LogP contribution in [0.25, 0.3) is 0 Å². The summed E-state index contributed by atoms with van der Waals surface area (Å²) in [6.07, 6.45) is 3.08. The first-order valence-electron chi connectivity index (χ1n) is 6.68. The van der Waals surface area contributed by atoms with E-state index in [1.165, 1.54) is 12.0 Å². The molecule has 0 amide bonds. The van der Waals surface area contributed by atoms with Crippen LogP contribution in [-0.4, -0.2) is 14.8 Å². The number of benzene rings is 1. The van der Waals surface area contributed by atoms with Crippen molar-refractivity contribution in [3.05, 3.63) is 48.0 Å². The van der Waals surface area contributed by atoms with Gasteiger partial charge in [0.05, 0.1) is 0 Å². The van der Waals surface area contributed by atoms with Crippen LogP contribution in [0.5, 0.6) is 0 Å². The fourth-order valence-electron chi connectivity index (χ4n) is 2.63. The van der Waals surface area contributed by atoms with Crippen LogP contribution in [0.15, 0.2) is 36.7 Å². The maximum Gasteiger partial charge on any atom is 0.136 e. The Kier molecular flexibility index (Phi) is 2.90. The van der Waals surface area contributed by atoms with E-state index in [1.54, 1.807) is 0 Å². The third-order valence-electron chi connectivity index (χ3n) is 3.56. The number of nitrogens with zero attached hydrogens (tertiary/aromatic N) is 3. The molecule has 2 unspecified atom stereocenters. The zero-order chi connectivity index (χ0) is 12.5. The average molecular weight is 241 g/mol. The molecular formula is C15H19N3. The van der Waals surface area contributed by atoms with Crippen LogP contribution in [0, 0.1) is 5.92 Å². The summed E-state index contributed by atoms with van der Waals surface area (Å²) in [5.74, 6) is 3.00. The fraction of sp³-hybridized carbons (Fsp3) is 0.467.